The lowest BCUT2D eigenvalue weighted by molar-refractivity contribution is -0.139. The topological polar surface area (TPSA) is 89.8 Å². The van der Waals surface area contributed by atoms with E-state index in [0.717, 1.165) is 18.4 Å². The molecule has 2 atom stereocenters. The van der Waals surface area contributed by atoms with Crippen molar-refractivity contribution in [1.82, 2.24) is 5.32 Å². The Hall–Kier alpha value is -1.44. The molecule has 2 aliphatic carbocycles. The fourth-order valence-electron chi connectivity index (χ4n) is 3.64. The SMILES string of the molecule is O=C(O)C1c2cc(CNC3CC3)c(F)cc2CC1CCCB(O)O. The third kappa shape index (κ3) is 3.96. The summed E-state index contributed by atoms with van der Waals surface area (Å²) in [6.07, 6.45) is 4.11. The molecule has 0 radical (unpaired) electrons. The molecule has 0 saturated heterocycles. The van der Waals surface area contributed by atoms with Gasteiger partial charge < -0.3 is 20.5 Å². The Morgan fingerprint density at radius 2 is 2.08 bits per heavy atom. The minimum absolute atomic E-state index is 0.123. The van der Waals surface area contributed by atoms with Gasteiger partial charge in [0.1, 0.15) is 5.82 Å². The summed E-state index contributed by atoms with van der Waals surface area (Å²) in [6, 6.07) is 3.65. The van der Waals surface area contributed by atoms with E-state index in [-0.39, 0.29) is 18.1 Å². The van der Waals surface area contributed by atoms with Crippen LogP contribution in [0.3, 0.4) is 0 Å². The van der Waals surface area contributed by atoms with Gasteiger partial charge in [-0.15, -0.1) is 0 Å². The first-order chi connectivity index (χ1) is 11.5. The number of rotatable bonds is 8. The van der Waals surface area contributed by atoms with E-state index >= 15 is 0 Å². The smallest absolute Gasteiger partial charge is 0.451 e. The molecule has 1 saturated carbocycles. The van der Waals surface area contributed by atoms with Crippen molar-refractivity contribution >= 4 is 13.1 Å². The van der Waals surface area contributed by atoms with Gasteiger partial charge in [-0.05, 0) is 55.1 Å². The molecule has 2 aliphatic rings. The summed E-state index contributed by atoms with van der Waals surface area (Å²) < 4.78 is 14.3. The first-order valence-corrected chi connectivity index (χ1v) is 8.59. The molecule has 0 amide bonds. The zero-order valence-corrected chi connectivity index (χ0v) is 13.5. The fourth-order valence-corrected chi connectivity index (χ4v) is 3.64. The van der Waals surface area contributed by atoms with Crippen molar-refractivity contribution in [3.8, 4) is 0 Å². The average molecular weight is 335 g/mol. The van der Waals surface area contributed by atoms with Crippen LogP contribution >= 0.6 is 0 Å². The molecular formula is C17H23BFNO4. The Morgan fingerprint density at radius 3 is 2.71 bits per heavy atom. The van der Waals surface area contributed by atoms with E-state index in [1.165, 1.54) is 6.07 Å². The minimum Gasteiger partial charge on any atom is -0.481 e. The molecule has 3 rings (SSSR count). The Bertz CT molecular complexity index is 621. The van der Waals surface area contributed by atoms with Crippen LogP contribution in [-0.2, 0) is 17.8 Å². The summed E-state index contributed by atoms with van der Waals surface area (Å²) in [7, 11) is -1.37. The number of carbonyl (C=O) groups is 1. The van der Waals surface area contributed by atoms with Crippen LogP contribution in [0.2, 0.25) is 6.32 Å². The van der Waals surface area contributed by atoms with Crippen molar-refractivity contribution in [2.45, 2.75) is 56.9 Å². The van der Waals surface area contributed by atoms with Crippen LogP contribution in [0.4, 0.5) is 4.39 Å². The van der Waals surface area contributed by atoms with Crippen LogP contribution < -0.4 is 5.32 Å². The number of halogens is 1. The van der Waals surface area contributed by atoms with E-state index in [9.17, 15) is 14.3 Å². The van der Waals surface area contributed by atoms with Crippen molar-refractivity contribution in [2.24, 2.45) is 5.92 Å². The van der Waals surface area contributed by atoms with Gasteiger partial charge in [-0.2, -0.15) is 0 Å². The molecular weight excluding hydrogens is 312 g/mol. The molecule has 1 aromatic carbocycles. The Morgan fingerprint density at radius 1 is 1.33 bits per heavy atom. The Kier molecular flexibility index (Phi) is 5.22. The second-order valence-corrected chi connectivity index (χ2v) is 6.99. The summed E-state index contributed by atoms with van der Waals surface area (Å²) in [5.74, 6) is -1.94. The number of hydrogen-bond donors (Lipinski definition) is 4. The summed E-state index contributed by atoms with van der Waals surface area (Å²) in [6.45, 7) is 0.428. The lowest BCUT2D eigenvalue weighted by Gasteiger charge is -2.16. The van der Waals surface area contributed by atoms with Crippen molar-refractivity contribution in [3.63, 3.8) is 0 Å². The highest BCUT2D eigenvalue weighted by Gasteiger charge is 2.38. The Balaban J connectivity index is 1.75. The number of carboxylic acid groups (broad SMARTS) is 1. The molecule has 1 fully saturated rings. The van der Waals surface area contributed by atoms with Gasteiger partial charge in [-0.25, -0.2) is 4.39 Å². The molecule has 7 heteroatoms. The predicted molar refractivity (Wildman–Crippen MR) is 88.1 cm³/mol. The molecule has 0 spiro atoms. The van der Waals surface area contributed by atoms with Crippen molar-refractivity contribution in [2.75, 3.05) is 0 Å². The predicted octanol–water partition coefficient (Wildman–Crippen LogP) is 1.67. The normalized spacial score (nSPS) is 22.5. The van der Waals surface area contributed by atoms with Gasteiger partial charge in [-0.1, -0.05) is 12.5 Å². The van der Waals surface area contributed by atoms with Crippen LogP contribution in [0.1, 0.15) is 48.3 Å². The average Bonchev–Trinajstić information content (AvgIpc) is 3.25. The van der Waals surface area contributed by atoms with Crippen LogP contribution in [-0.4, -0.2) is 34.3 Å². The fraction of sp³-hybridized carbons (Fsp3) is 0.588. The third-order valence-electron chi connectivity index (χ3n) is 5.06. The number of carboxylic acids is 1. The molecule has 0 heterocycles. The first kappa shape index (κ1) is 17.4. The highest BCUT2D eigenvalue weighted by molar-refractivity contribution is 6.40. The second kappa shape index (κ2) is 7.21. The van der Waals surface area contributed by atoms with E-state index in [4.69, 9.17) is 10.0 Å². The molecule has 0 bridgehead atoms. The molecule has 2 unspecified atom stereocenters. The number of benzene rings is 1. The van der Waals surface area contributed by atoms with E-state index < -0.39 is 19.0 Å². The first-order valence-electron chi connectivity index (χ1n) is 8.59. The maximum Gasteiger partial charge on any atom is 0.451 e. The standard InChI is InChI=1S/C17H23BFNO4/c19-15-8-11-6-10(2-1-5-18(23)24)16(17(21)22)14(11)7-12(15)9-20-13-3-4-13/h7-8,10,13,16,20,23-24H,1-6,9H2,(H,21,22). The van der Waals surface area contributed by atoms with Crippen LogP contribution in [0.5, 0.6) is 0 Å². The van der Waals surface area contributed by atoms with Crippen molar-refractivity contribution in [1.29, 1.82) is 0 Å². The Labute approximate surface area is 141 Å². The largest absolute Gasteiger partial charge is 0.481 e. The van der Waals surface area contributed by atoms with Gasteiger partial charge in [0.2, 0.25) is 0 Å². The molecule has 0 aliphatic heterocycles. The zero-order valence-electron chi connectivity index (χ0n) is 13.5. The van der Waals surface area contributed by atoms with Gasteiger partial charge in [0.15, 0.2) is 0 Å². The number of nitrogens with one attached hydrogen (secondary N) is 1. The zero-order chi connectivity index (χ0) is 17.3. The quantitative estimate of drug-likeness (QED) is 0.543. The summed E-state index contributed by atoms with van der Waals surface area (Å²) in [5.41, 5.74) is 2.01. The van der Waals surface area contributed by atoms with Gasteiger partial charge in [-0.3, -0.25) is 4.79 Å². The number of hydrogen-bond acceptors (Lipinski definition) is 4. The maximum atomic E-state index is 14.3. The number of fused-ring (bicyclic) bond motifs is 1. The molecule has 24 heavy (non-hydrogen) atoms. The van der Waals surface area contributed by atoms with Crippen LogP contribution in [0, 0.1) is 11.7 Å². The second-order valence-electron chi connectivity index (χ2n) is 6.99. The molecule has 0 aromatic heterocycles. The number of aliphatic carboxylic acids is 1. The van der Waals surface area contributed by atoms with Gasteiger partial charge in [0, 0.05) is 18.2 Å². The lowest BCUT2D eigenvalue weighted by Crippen LogP contribution is -2.19. The van der Waals surface area contributed by atoms with Gasteiger partial charge in [0.25, 0.3) is 0 Å². The van der Waals surface area contributed by atoms with E-state index in [1.807, 2.05) is 0 Å². The highest BCUT2D eigenvalue weighted by atomic mass is 19.1. The van der Waals surface area contributed by atoms with Crippen molar-refractivity contribution < 1.29 is 24.3 Å². The summed E-state index contributed by atoms with van der Waals surface area (Å²) >= 11 is 0. The van der Waals surface area contributed by atoms with E-state index in [0.29, 0.717) is 43.0 Å². The monoisotopic (exact) mass is 335 g/mol. The van der Waals surface area contributed by atoms with Crippen LogP contribution in [0.15, 0.2) is 12.1 Å². The van der Waals surface area contributed by atoms with Gasteiger partial charge >= 0.3 is 13.1 Å². The summed E-state index contributed by atoms with van der Waals surface area (Å²) in [4.78, 5) is 11.7. The molecule has 1 aromatic rings. The third-order valence-corrected chi connectivity index (χ3v) is 5.06. The summed E-state index contributed by atoms with van der Waals surface area (Å²) in [5, 5.41) is 30.8. The molecule has 4 N–H and O–H groups in total. The van der Waals surface area contributed by atoms with Crippen LogP contribution in [0.25, 0.3) is 0 Å². The maximum absolute atomic E-state index is 14.3. The minimum atomic E-state index is -1.37. The van der Waals surface area contributed by atoms with E-state index in [1.54, 1.807) is 6.07 Å². The van der Waals surface area contributed by atoms with E-state index in [2.05, 4.69) is 5.32 Å². The lowest BCUT2D eigenvalue weighted by atomic mass is 9.80. The van der Waals surface area contributed by atoms with Crippen molar-refractivity contribution in [3.05, 3.63) is 34.6 Å². The molecule has 5 nitrogen and oxygen atoms in total. The molecule has 130 valence electrons. The van der Waals surface area contributed by atoms with Gasteiger partial charge in [0.05, 0.1) is 5.92 Å². The highest BCUT2D eigenvalue weighted by Crippen LogP contribution is 2.42.